The molecular weight excluding hydrogens is 345 g/mol. The van der Waals surface area contributed by atoms with Crippen LogP contribution >= 0.6 is 27.5 Å². The van der Waals surface area contributed by atoms with E-state index in [1.54, 1.807) is 36.4 Å². The lowest BCUT2D eigenvalue weighted by Gasteiger charge is -2.01. The van der Waals surface area contributed by atoms with Crippen LogP contribution in [0.2, 0.25) is 5.02 Å². The van der Waals surface area contributed by atoms with Crippen molar-refractivity contribution in [3.63, 3.8) is 0 Å². The van der Waals surface area contributed by atoms with E-state index >= 15 is 0 Å². The van der Waals surface area contributed by atoms with Crippen molar-refractivity contribution in [3.05, 3.63) is 62.8 Å². The molecule has 0 atom stereocenters. The summed E-state index contributed by atoms with van der Waals surface area (Å²) in [5, 5.41) is 3.33. The largest absolute Gasteiger partial charge is 0.321 e. The highest BCUT2D eigenvalue weighted by Crippen LogP contribution is 2.35. The van der Waals surface area contributed by atoms with E-state index in [-0.39, 0.29) is 11.7 Å². The first-order valence-corrected chi connectivity index (χ1v) is 7.00. The molecule has 0 aliphatic carbocycles. The van der Waals surface area contributed by atoms with Crippen molar-refractivity contribution in [2.75, 3.05) is 5.32 Å². The summed E-state index contributed by atoms with van der Waals surface area (Å²) in [7, 11) is 0. The van der Waals surface area contributed by atoms with Gasteiger partial charge in [-0.15, -0.1) is 0 Å². The molecule has 0 spiro atoms. The van der Waals surface area contributed by atoms with Gasteiger partial charge in [0.15, 0.2) is 0 Å². The number of nitrogens with one attached hydrogen (secondary N) is 1. The third-order valence-electron chi connectivity index (χ3n) is 3.02. The minimum Gasteiger partial charge on any atom is -0.321 e. The first-order chi connectivity index (χ1) is 9.54. The Labute approximate surface area is 128 Å². The molecular formula is C15H8BrClFNO. The molecule has 1 aliphatic rings. The monoisotopic (exact) mass is 351 g/mol. The predicted octanol–water partition coefficient (Wildman–Crippen LogP) is 4.73. The zero-order valence-electron chi connectivity index (χ0n) is 10.1. The van der Waals surface area contributed by atoms with Crippen LogP contribution in [0.4, 0.5) is 10.1 Å². The Morgan fingerprint density at radius 3 is 2.75 bits per heavy atom. The molecule has 0 aromatic heterocycles. The summed E-state index contributed by atoms with van der Waals surface area (Å²) in [6, 6.07) is 9.80. The number of hydrogen-bond donors (Lipinski definition) is 1. The van der Waals surface area contributed by atoms with Gasteiger partial charge in [0.25, 0.3) is 5.91 Å². The zero-order valence-corrected chi connectivity index (χ0v) is 12.4. The van der Waals surface area contributed by atoms with Crippen molar-refractivity contribution in [1.29, 1.82) is 0 Å². The van der Waals surface area contributed by atoms with E-state index in [0.29, 0.717) is 15.1 Å². The summed E-state index contributed by atoms with van der Waals surface area (Å²) < 4.78 is 13.6. The topological polar surface area (TPSA) is 29.1 Å². The fraction of sp³-hybridized carbons (Fsp3) is 0. The summed E-state index contributed by atoms with van der Waals surface area (Å²) in [6.45, 7) is 0. The van der Waals surface area contributed by atoms with Crippen LogP contribution in [0.3, 0.4) is 0 Å². The van der Waals surface area contributed by atoms with E-state index in [2.05, 4.69) is 21.2 Å². The Kier molecular flexibility index (Phi) is 3.36. The van der Waals surface area contributed by atoms with E-state index in [0.717, 1.165) is 16.8 Å². The lowest BCUT2D eigenvalue weighted by atomic mass is 10.0. The standard InChI is InChI=1S/C15H8BrClFNO/c16-12-6-8(1-3-13(12)18)5-11-10-7-9(17)2-4-14(10)19-15(11)20/h1-7H,(H,19,20). The van der Waals surface area contributed by atoms with Gasteiger partial charge in [-0.25, -0.2) is 4.39 Å². The predicted molar refractivity (Wildman–Crippen MR) is 82.1 cm³/mol. The normalized spacial score (nSPS) is 15.3. The van der Waals surface area contributed by atoms with Crippen LogP contribution in [0.5, 0.6) is 0 Å². The van der Waals surface area contributed by atoms with Gasteiger partial charge in [0.1, 0.15) is 5.82 Å². The van der Waals surface area contributed by atoms with Crippen molar-refractivity contribution in [3.8, 4) is 0 Å². The molecule has 0 saturated carbocycles. The van der Waals surface area contributed by atoms with Crippen LogP contribution in [0.25, 0.3) is 11.6 Å². The molecule has 2 aromatic rings. The first-order valence-electron chi connectivity index (χ1n) is 5.82. The van der Waals surface area contributed by atoms with Crippen molar-refractivity contribution in [2.45, 2.75) is 0 Å². The Bertz CT molecular complexity index is 758. The van der Waals surface area contributed by atoms with Gasteiger partial charge in [0, 0.05) is 21.8 Å². The molecule has 3 rings (SSSR count). The molecule has 2 aromatic carbocycles. The molecule has 1 amide bonds. The van der Waals surface area contributed by atoms with Crippen LogP contribution in [-0.2, 0) is 4.79 Å². The molecule has 1 aliphatic heterocycles. The first kappa shape index (κ1) is 13.3. The van der Waals surface area contributed by atoms with Gasteiger partial charge >= 0.3 is 0 Å². The van der Waals surface area contributed by atoms with Gasteiger partial charge in [-0.1, -0.05) is 17.7 Å². The second-order valence-corrected chi connectivity index (χ2v) is 5.67. The molecule has 2 nitrogen and oxygen atoms in total. The fourth-order valence-corrected chi connectivity index (χ4v) is 2.64. The smallest absolute Gasteiger partial charge is 0.256 e. The molecule has 0 saturated heterocycles. The van der Waals surface area contributed by atoms with Crippen molar-refractivity contribution in [1.82, 2.24) is 0 Å². The average molecular weight is 353 g/mol. The van der Waals surface area contributed by atoms with Crippen LogP contribution in [-0.4, -0.2) is 5.91 Å². The number of amides is 1. The highest BCUT2D eigenvalue weighted by Gasteiger charge is 2.24. The lowest BCUT2D eigenvalue weighted by Crippen LogP contribution is -2.03. The molecule has 20 heavy (non-hydrogen) atoms. The summed E-state index contributed by atoms with van der Waals surface area (Å²) >= 11 is 9.09. The zero-order chi connectivity index (χ0) is 14.3. The van der Waals surface area contributed by atoms with Crippen LogP contribution in [0, 0.1) is 5.82 Å². The maximum atomic E-state index is 13.2. The second-order valence-electron chi connectivity index (χ2n) is 4.38. The number of benzene rings is 2. The van der Waals surface area contributed by atoms with Crippen molar-refractivity contribution in [2.24, 2.45) is 0 Å². The molecule has 1 N–H and O–H groups in total. The Morgan fingerprint density at radius 1 is 1.20 bits per heavy atom. The van der Waals surface area contributed by atoms with E-state index in [9.17, 15) is 9.18 Å². The van der Waals surface area contributed by atoms with E-state index in [4.69, 9.17) is 11.6 Å². The van der Waals surface area contributed by atoms with Crippen LogP contribution < -0.4 is 5.32 Å². The molecule has 0 radical (unpaired) electrons. The van der Waals surface area contributed by atoms with E-state index in [1.165, 1.54) is 6.07 Å². The minimum atomic E-state index is -0.341. The summed E-state index contributed by atoms with van der Waals surface area (Å²) in [5.41, 5.74) is 2.73. The number of carbonyl (C=O) groups excluding carboxylic acids is 1. The fourth-order valence-electron chi connectivity index (χ4n) is 2.07. The third kappa shape index (κ3) is 2.37. The lowest BCUT2D eigenvalue weighted by molar-refractivity contribution is -0.110. The average Bonchev–Trinajstić information content (AvgIpc) is 2.70. The summed E-state index contributed by atoms with van der Waals surface area (Å²) in [4.78, 5) is 12.0. The number of carbonyl (C=O) groups is 1. The van der Waals surface area contributed by atoms with Gasteiger partial charge in [-0.2, -0.15) is 0 Å². The number of anilines is 1. The third-order valence-corrected chi connectivity index (χ3v) is 3.86. The van der Waals surface area contributed by atoms with Gasteiger partial charge in [-0.05, 0) is 57.9 Å². The Morgan fingerprint density at radius 2 is 2.00 bits per heavy atom. The second kappa shape index (κ2) is 5.04. The molecule has 1 heterocycles. The molecule has 5 heteroatoms. The van der Waals surface area contributed by atoms with Crippen LogP contribution in [0.15, 0.2) is 40.9 Å². The maximum Gasteiger partial charge on any atom is 0.256 e. The number of fused-ring (bicyclic) bond motifs is 1. The number of halogens is 3. The molecule has 100 valence electrons. The molecule has 0 bridgehead atoms. The summed E-state index contributed by atoms with van der Waals surface area (Å²) in [5.74, 6) is -0.533. The van der Waals surface area contributed by atoms with Crippen molar-refractivity contribution >= 4 is 50.8 Å². The quantitative estimate of drug-likeness (QED) is 0.738. The Hall–Kier alpha value is -1.65. The molecule has 0 unspecified atom stereocenters. The van der Waals surface area contributed by atoms with Gasteiger partial charge < -0.3 is 5.32 Å². The molecule has 0 fully saturated rings. The number of hydrogen-bond acceptors (Lipinski definition) is 1. The SMILES string of the molecule is O=C1Nc2ccc(Cl)cc2C1=Cc1ccc(F)c(Br)c1. The van der Waals surface area contributed by atoms with Gasteiger partial charge in [-0.3, -0.25) is 4.79 Å². The van der Waals surface area contributed by atoms with Gasteiger partial charge in [0.2, 0.25) is 0 Å². The van der Waals surface area contributed by atoms with Crippen molar-refractivity contribution < 1.29 is 9.18 Å². The Balaban J connectivity index is 2.10. The van der Waals surface area contributed by atoms with E-state index < -0.39 is 0 Å². The minimum absolute atomic E-state index is 0.192. The summed E-state index contributed by atoms with van der Waals surface area (Å²) in [6.07, 6.45) is 1.71. The highest BCUT2D eigenvalue weighted by atomic mass is 79.9. The van der Waals surface area contributed by atoms with Crippen LogP contribution in [0.1, 0.15) is 11.1 Å². The maximum absolute atomic E-state index is 13.2. The van der Waals surface area contributed by atoms with E-state index in [1.807, 2.05) is 0 Å². The highest BCUT2D eigenvalue weighted by molar-refractivity contribution is 9.10. The number of rotatable bonds is 1. The van der Waals surface area contributed by atoms with Gasteiger partial charge in [0.05, 0.1) is 4.47 Å².